The zero-order valence-corrected chi connectivity index (χ0v) is 21.6. The van der Waals surface area contributed by atoms with E-state index in [9.17, 15) is 27.9 Å². The van der Waals surface area contributed by atoms with Gasteiger partial charge in [0.05, 0.1) is 24.4 Å². The number of carbonyl (C=O) groups is 1. The quantitative estimate of drug-likeness (QED) is 0.358. The smallest absolute Gasteiger partial charge is 0.382 e. The molecule has 4 aromatic rings. The molecule has 1 N–H and O–H groups in total. The van der Waals surface area contributed by atoms with Gasteiger partial charge in [0.2, 0.25) is 0 Å². The lowest BCUT2D eigenvalue weighted by atomic mass is 10.1. The standard InChI is InChI=1S/C25H23ClF3N7O4/c26-17-9-7-16(8-10-17)22-32-34(24(39)33(22)13-20(37)25(27,28)29)14-21-30-15-35(31-21)19-6-2-1-5-18(19)23(38)36-11-3-4-12-40-36/h1-2,5-10,15,20,37H,3-4,11-14H2. The number of hydrogen-bond donors (Lipinski definition) is 1. The molecule has 5 rings (SSSR count). The second-order valence-electron chi connectivity index (χ2n) is 9.01. The van der Waals surface area contributed by atoms with Crippen molar-refractivity contribution < 1.29 is 27.9 Å². The maximum absolute atomic E-state index is 13.1. The summed E-state index contributed by atoms with van der Waals surface area (Å²) in [5.74, 6) is -0.317. The molecular weight excluding hydrogens is 555 g/mol. The van der Waals surface area contributed by atoms with E-state index in [4.69, 9.17) is 16.4 Å². The fraction of sp³-hybridized carbons (Fsp3) is 0.320. The van der Waals surface area contributed by atoms with Crippen molar-refractivity contribution in [3.63, 3.8) is 0 Å². The van der Waals surface area contributed by atoms with E-state index >= 15 is 0 Å². The first kappa shape index (κ1) is 27.6. The highest BCUT2D eigenvalue weighted by Crippen LogP contribution is 2.24. The van der Waals surface area contributed by atoms with Gasteiger partial charge in [-0.05, 0) is 49.2 Å². The maximum Gasteiger partial charge on any atom is 0.416 e. The molecule has 0 bridgehead atoms. The first-order valence-electron chi connectivity index (χ1n) is 12.2. The number of aliphatic hydroxyl groups is 1. The lowest BCUT2D eigenvalue weighted by molar-refractivity contribution is -0.207. The van der Waals surface area contributed by atoms with E-state index in [-0.39, 0.29) is 24.1 Å². The number of aliphatic hydroxyl groups excluding tert-OH is 1. The van der Waals surface area contributed by atoms with Crippen LogP contribution in [0.4, 0.5) is 13.2 Å². The van der Waals surface area contributed by atoms with Gasteiger partial charge in [0.15, 0.2) is 17.8 Å². The average Bonchev–Trinajstić information content (AvgIpc) is 3.53. The van der Waals surface area contributed by atoms with Crippen LogP contribution in [0.1, 0.15) is 29.0 Å². The molecule has 210 valence electrons. The number of rotatable bonds is 7. The van der Waals surface area contributed by atoms with E-state index in [2.05, 4.69) is 15.2 Å². The van der Waals surface area contributed by atoms with Crippen LogP contribution in [0.2, 0.25) is 5.02 Å². The van der Waals surface area contributed by atoms with Crippen molar-refractivity contribution in [2.24, 2.45) is 0 Å². The minimum absolute atomic E-state index is 0.0955. The van der Waals surface area contributed by atoms with Gasteiger partial charge in [0, 0.05) is 17.1 Å². The van der Waals surface area contributed by atoms with Crippen LogP contribution >= 0.6 is 11.6 Å². The van der Waals surface area contributed by atoms with Gasteiger partial charge in [-0.3, -0.25) is 14.2 Å². The second-order valence-corrected chi connectivity index (χ2v) is 9.45. The summed E-state index contributed by atoms with van der Waals surface area (Å²) >= 11 is 5.92. The maximum atomic E-state index is 13.1. The van der Waals surface area contributed by atoms with E-state index in [1.165, 1.54) is 40.3 Å². The summed E-state index contributed by atoms with van der Waals surface area (Å²) in [5, 5.41) is 19.9. The topological polar surface area (TPSA) is 120 Å². The Labute approximate surface area is 229 Å². The molecule has 3 heterocycles. The molecule has 0 saturated carbocycles. The minimum Gasteiger partial charge on any atom is -0.382 e. The molecule has 1 saturated heterocycles. The first-order chi connectivity index (χ1) is 19.1. The molecule has 40 heavy (non-hydrogen) atoms. The number of aromatic nitrogens is 6. The largest absolute Gasteiger partial charge is 0.416 e. The van der Waals surface area contributed by atoms with E-state index in [1.807, 2.05) is 0 Å². The van der Waals surface area contributed by atoms with Crippen LogP contribution in [-0.2, 0) is 17.9 Å². The van der Waals surface area contributed by atoms with Crippen LogP contribution in [0.5, 0.6) is 0 Å². The van der Waals surface area contributed by atoms with Crippen molar-refractivity contribution in [1.82, 2.24) is 34.2 Å². The van der Waals surface area contributed by atoms with Crippen molar-refractivity contribution in [3.05, 3.63) is 81.8 Å². The van der Waals surface area contributed by atoms with Gasteiger partial charge < -0.3 is 5.11 Å². The van der Waals surface area contributed by atoms with Gasteiger partial charge in [0.25, 0.3) is 5.91 Å². The van der Waals surface area contributed by atoms with Gasteiger partial charge in [-0.25, -0.2) is 24.2 Å². The summed E-state index contributed by atoms with van der Waals surface area (Å²) in [6, 6.07) is 12.7. The van der Waals surface area contributed by atoms with Gasteiger partial charge in [-0.2, -0.15) is 13.2 Å². The van der Waals surface area contributed by atoms with Gasteiger partial charge in [-0.15, -0.1) is 10.2 Å². The molecular formula is C25H23ClF3N7O4. The van der Waals surface area contributed by atoms with Crippen molar-refractivity contribution in [3.8, 4) is 17.1 Å². The SMILES string of the molecule is O=C(c1ccccc1-n1cnc(Cn2nc(-c3ccc(Cl)cc3)n(CC(O)C(F)(F)F)c2=O)n1)N1CCCCO1. The molecule has 1 amide bonds. The fourth-order valence-corrected chi connectivity index (χ4v) is 4.29. The number of alkyl halides is 3. The van der Waals surface area contributed by atoms with Crippen molar-refractivity contribution in [1.29, 1.82) is 0 Å². The van der Waals surface area contributed by atoms with Crippen LogP contribution in [0.25, 0.3) is 17.1 Å². The number of amides is 1. The lowest BCUT2D eigenvalue weighted by Gasteiger charge is -2.26. The summed E-state index contributed by atoms with van der Waals surface area (Å²) < 4.78 is 42.3. The van der Waals surface area contributed by atoms with E-state index in [0.717, 1.165) is 22.1 Å². The third kappa shape index (κ3) is 5.78. The average molecular weight is 578 g/mol. The van der Waals surface area contributed by atoms with E-state index in [0.29, 0.717) is 35.0 Å². The number of nitrogens with zero attached hydrogens (tertiary/aromatic N) is 7. The third-order valence-corrected chi connectivity index (χ3v) is 6.45. The van der Waals surface area contributed by atoms with Gasteiger partial charge in [-0.1, -0.05) is 23.7 Å². The molecule has 0 radical (unpaired) electrons. The van der Waals surface area contributed by atoms with Crippen LogP contribution < -0.4 is 5.69 Å². The monoisotopic (exact) mass is 577 g/mol. The Kier molecular flexibility index (Phi) is 7.74. The number of hydroxylamine groups is 2. The van der Waals surface area contributed by atoms with Crippen LogP contribution in [-0.4, -0.2) is 70.6 Å². The highest BCUT2D eigenvalue weighted by molar-refractivity contribution is 6.30. The molecule has 1 aliphatic heterocycles. The zero-order chi connectivity index (χ0) is 28.4. The van der Waals surface area contributed by atoms with Crippen molar-refractivity contribution in [2.75, 3.05) is 13.2 Å². The Hall–Kier alpha value is -4.01. The molecule has 2 aromatic heterocycles. The normalized spacial score (nSPS) is 14.9. The Morgan fingerprint density at radius 1 is 1.10 bits per heavy atom. The molecule has 0 spiro atoms. The Morgan fingerprint density at radius 2 is 1.85 bits per heavy atom. The molecule has 0 aliphatic carbocycles. The first-order valence-corrected chi connectivity index (χ1v) is 12.6. The second kappa shape index (κ2) is 11.2. The Bertz CT molecular complexity index is 1560. The number of carbonyl (C=O) groups excluding carboxylic acids is 1. The summed E-state index contributed by atoms with van der Waals surface area (Å²) in [4.78, 5) is 35.9. The number of benzene rings is 2. The summed E-state index contributed by atoms with van der Waals surface area (Å²) in [5.41, 5.74) is 0.171. The number of halogens is 4. The molecule has 1 atom stereocenters. The van der Waals surface area contributed by atoms with Crippen LogP contribution in [0, 0.1) is 0 Å². The van der Waals surface area contributed by atoms with Crippen LogP contribution in [0.3, 0.4) is 0 Å². The molecule has 1 unspecified atom stereocenters. The minimum atomic E-state index is -4.94. The van der Waals surface area contributed by atoms with Crippen molar-refractivity contribution in [2.45, 2.75) is 38.2 Å². The summed E-state index contributed by atoms with van der Waals surface area (Å²) in [6.45, 7) is -0.440. The molecule has 1 fully saturated rings. The molecule has 2 aromatic carbocycles. The Balaban J connectivity index is 1.45. The zero-order valence-electron chi connectivity index (χ0n) is 20.8. The molecule has 15 heteroatoms. The molecule has 1 aliphatic rings. The predicted molar refractivity (Wildman–Crippen MR) is 136 cm³/mol. The van der Waals surface area contributed by atoms with Crippen LogP contribution in [0.15, 0.2) is 59.7 Å². The van der Waals surface area contributed by atoms with Crippen molar-refractivity contribution >= 4 is 17.5 Å². The third-order valence-electron chi connectivity index (χ3n) is 6.20. The van der Waals surface area contributed by atoms with Gasteiger partial charge >= 0.3 is 11.9 Å². The van der Waals surface area contributed by atoms with Gasteiger partial charge in [0.1, 0.15) is 12.9 Å². The Morgan fingerprint density at radius 3 is 2.55 bits per heavy atom. The number of hydrogen-bond acceptors (Lipinski definition) is 7. The molecule has 11 nitrogen and oxygen atoms in total. The highest BCUT2D eigenvalue weighted by Gasteiger charge is 2.39. The fourth-order valence-electron chi connectivity index (χ4n) is 4.16. The summed E-state index contributed by atoms with van der Waals surface area (Å²) in [6.07, 6.45) is -4.69. The highest BCUT2D eigenvalue weighted by atomic mass is 35.5. The van der Waals surface area contributed by atoms with E-state index in [1.54, 1.807) is 24.3 Å². The van der Waals surface area contributed by atoms with E-state index < -0.39 is 24.5 Å². The predicted octanol–water partition coefficient (Wildman–Crippen LogP) is 3.09. The number of para-hydroxylation sites is 1. The lowest BCUT2D eigenvalue weighted by Crippen LogP contribution is -2.37. The summed E-state index contributed by atoms with van der Waals surface area (Å²) in [7, 11) is 0.